The minimum absolute atomic E-state index is 0.151. The lowest BCUT2D eigenvalue weighted by molar-refractivity contribution is -0.00294. The van der Waals surface area contributed by atoms with Crippen molar-refractivity contribution in [3.63, 3.8) is 0 Å². The van der Waals surface area contributed by atoms with Gasteiger partial charge in [0.15, 0.2) is 5.01 Å². The second-order valence-electron chi connectivity index (χ2n) is 9.04. The molecule has 5 rings (SSSR count). The average molecular weight is 443 g/mol. The highest BCUT2D eigenvalue weighted by Crippen LogP contribution is 2.47. The van der Waals surface area contributed by atoms with Crippen molar-refractivity contribution in [3.05, 3.63) is 23.3 Å². The molecule has 0 radical (unpaired) electrons. The maximum Gasteiger partial charge on any atom is 0.409 e. The number of aromatic nitrogens is 3. The molecule has 31 heavy (non-hydrogen) atoms. The van der Waals surface area contributed by atoms with Gasteiger partial charge in [-0.25, -0.2) is 9.78 Å². The third-order valence-electron chi connectivity index (χ3n) is 6.99. The highest BCUT2D eigenvalue weighted by molar-refractivity contribution is 7.12. The zero-order chi connectivity index (χ0) is 21.4. The molecule has 2 aromatic heterocycles. The van der Waals surface area contributed by atoms with Crippen LogP contribution in [0, 0.1) is 12.3 Å². The van der Waals surface area contributed by atoms with Crippen LogP contribution < -0.4 is 4.90 Å². The predicted octanol–water partition coefficient (Wildman–Crippen LogP) is 3.04. The van der Waals surface area contributed by atoms with Gasteiger partial charge in [-0.2, -0.15) is 0 Å². The minimum Gasteiger partial charge on any atom is -0.450 e. The first-order valence-corrected chi connectivity index (χ1v) is 12.1. The number of aryl methyl sites for hydroxylation is 1. The molecule has 0 N–H and O–H groups in total. The van der Waals surface area contributed by atoms with Gasteiger partial charge in [0.2, 0.25) is 0 Å². The number of hydrogen-bond acceptors (Lipinski definition) is 8. The van der Waals surface area contributed by atoms with Gasteiger partial charge in [0.25, 0.3) is 0 Å². The number of nitrogens with zero attached hydrogens (tertiary/aromatic N) is 6. The fourth-order valence-electron chi connectivity index (χ4n) is 5.42. The number of rotatable bonds is 4. The standard InChI is InChI=1S/C22H30N6O2S/c1-3-30-21(29)28-13-22(14-28)7-6-17(12-22)26-8-10-27(11-9-26)19-18(5-4-16(2)24-19)20-25-23-15-31-20/h4-5,15,17H,3,6-14H2,1-2H3/t17-/m1/s1. The Hall–Kier alpha value is -2.26. The van der Waals surface area contributed by atoms with Crippen molar-refractivity contribution in [2.24, 2.45) is 5.41 Å². The Labute approximate surface area is 187 Å². The summed E-state index contributed by atoms with van der Waals surface area (Å²) >= 11 is 1.56. The summed E-state index contributed by atoms with van der Waals surface area (Å²) < 4.78 is 5.15. The largest absolute Gasteiger partial charge is 0.450 e. The lowest BCUT2D eigenvalue weighted by Gasteiger charge is -2.48. The van der Waals surface area contributed by atoms with Gasteiger partial charge in [-0.3, -0.25) is 4.90 Å². The molecule has 1 amide bonds. The van der Waals surface area contributed by atoms with E-state index in [1.165, 1.54) is 19.3 Å². The van der Waals surface area contributed by atoms with E-state index in [-0.39, 0.29) is 6.09 Å². The smallest absolute Gasteiger partial charge is 0.409 e. The number of amides is 1. The molecular weight excluding hydrogens is 412 g/mol. The van der Waals surface area contributed by atoms with Gasteiger partial charge in [-0.15, -0.1) is 10.2 Å². The van der Waals surface area contributed by atoms with Crippen molar-refractivity contribution in [2.75, 3.05) is 50.8 Å². The summed E-state index contributed by atoms with van der Waals surface area (Å²) in [7, 11) is 0. The second-order valence-corrected chi connectivity index (χ2v) is 9.88. The predicted molar refractivity (Wildman–Crippen MR) is 120 cm³/mol. The van der Waals surface area contributed by atoms with E-state index in [2.05, 4.69) is 26.1 Å². The lowest BCUT2D eigenvalue weighted by Crippen LogP contribution is -2.58. The maximum atomic E-state index is 11.9. The van der Waals surface area contributed by atoms with Crippen molar-refractivity contribution < 1.29 is 9.53 Å². The van der Waals surface area contributed by atoms with E-state index in [1.807, 2.05) is 24.8 Å². The van der Waals surface area contributed by atoms with Gasteiger partial charge in [0.1, 0.15) is 11.3 Å². The monoisotopic (exact) mass is 442 g/mol. The first kappa shape index (κ1) is 20.6. The molecule has 9 heteroatoms. The van der Waals surface area contributed by atoms with Crippen LogP contribution in [0.3, 0.4) is 0 Å². The Bertz CT molecular complexity index is 922. The first-order chi connectivity index (χ1) is 15.1. The zero-order valence-electron chi connectivity index (χ0n) is 18.3. The highest BCUT2D eigenvalue weighted by Gasteiger charge is 2.51. The van der Waals surface area contributed by atoms with Gasteiger partial charge in [-0.1, -0.05) is 11.3 Å². The Morgan fingerprint density at radius 3 is 2.77 bits per heavy atom. The summed E-state index contributed by atoms with van der Waals surface area (Å²) in [5.74, 6) is 1.03. The topological polar surface area (TPSA) is 74.7 Å². The van der Waals surface area contributed by atoms with Gasteiger partial charge < -0.3 is 14.5 Å². The fourth-order valence-corrected chi connectivity index (χ4v) is 6.00. The number of carbonyl (C=O) groups excluding carboxylic acids is 1. The normalized spacial score (nSPS) is 23.2. The molecule has 0 unspecified atom stereocenters. The van der Waals surface area contributed by atoms with Gasteiger partial charge in [0.05, 0.1) is 12.2 Å². The Morgan fingerprint density at radius 1 is 1.26 bits per heavy atom. The number of ether oxygens (including phenoxy) is 1. The highest BCUT2D eigenvalue weighted by atomic mass is 32.1. The summed E-state index contributed by atoms with van der Waals surface area (Å²) in [4.78, 5) is 23.7. The molecule has 1 aliphatic carbocycles. The third-order valence-corrected chi connectivity index (χ3v) is 7.71. The Balaban J connectivity index is 1.19. The number of hydrogen-bond donors (Lipinski definition) is 0. The Kier molecular flexibility index (Phi) is 5.56. The van der Waals surface area contributed by atoms with E-state index < -0.39 is 0 Å². The van der Waals surface area contributed by atoms with Crippen LogP contribution in [0.5, 0.6) is 0 Å². The first-order valence-electron chi connectivity index (χ1n) is 11.2. The summed E-state index contributed by atoms with van der Waals surface area (Å²) in [5.41, 5.74) is 4.20. The molecule has 2 aromatic rings. The average Bonchev–Trinajstić information content (AvgIpc) is 3.43. The lowest BCUT2D eigenvalue weighted by atomic mass is 9.78. The van der Waals surface area contributed by atoms with Crippen molar-refractivity contribution in [1.29, 1.82) is 0 Å². The van der Waals surface area contributed by atoms with Crippen LogP contribution in [0.2, 0.25) is 0 Å². The number of anilines is 1. The Morgan fingerprint density at radius 2 is 2.06 bits per heavy atom. The van der Waals surface area contributed by atoms with Crippen molar-refractivity contribution >= 4 is 23.2 Å². The minimum atomic E-state index is -0.151. The molecule has 166 valence electrons. The molecule has 4 heterocycles. The molecule has 0 aromatic carbocycles. The van der Waals surface area contributed by atoms with Crippen LogP contribution in [0.1, 0.15) is 31.9 Å². The summed E-state index contributed by atoms with van der Waals surface area (Å²) in [6.45, 7) is 10.1. The van der Waals surface area contributed by atoms with Crippen LogP contribution in [0.25, 0.3) is 10.6 Å². The van der Waals surface area contributed by atoms with E-state index in [4.69, 9.17) is 9.72 Å². The molecule has 3 aliphatic rings. The molecule has 8 nitrogen and oxygen atoms in total. The number of carbonyl (C=O) groups is 1. The molecule has 1 saturated carbocycles. The van der Waals surface area contributed by atoms with Crippen molar-refractivity contribution in [3.8, 4) is 10.6 Å². The van der Waals surface area contributed by atoms with Gasteiger partial charge in [0, 0.05) is 56.4 Å². The van der Waals surface area contributed by atoms with E-state index in [9.17, 15) is 4.79 Å². The molecule has 2 saturated heterocycles. The third kappa shape index (κ3) is 4.01. The van der Waals surface area contributed by atoms with Gasteiger partial charge in [-0.05, 0) is 45.2 Å². The van der Waals surface area contributed by atoms with E-state index in [0.29, 0.717) is 18.1 Å². The SMILES string of the molecule is CCOC(=O)N1CC2(CC[C@@H](N3CCN(c4nc(C)ccc4-c4nncs4)CC3)C2)C1. The maximum absolute atomic E-state index is 11.9. The van der Waals surface area contributed by atoms with Crippen LogP contribution in [0.4, 0.5) is 10.6 Å². The number of likely N-dealkylation sites (tertiary alicyclic amines) is 1. The fraction of sp³-hybridized carbons (Fsp3) is 0.636. The summed E-state index contributed by atoms with van der Waals surface area (Å²) in [5, 5.41) is 9.20. The van der Waals surface area contributed by atoms with Crippen LogP contribution in [-0.4, -0.2) is 83.0 Å². The molecule has 1 atom stereocenters. The molecule has 3 fully saturated rings. The summed E-state index contributed by atoms with van der Waals surface area (Å²) in [6.07, 6.45) is 3.49. The molecule has 2 aliphatic heterocycles. The second kappa shape index (κ2) is 8.35. The quantitative estimate of drug-likeness (QED) is 0.720. The van der Waals surface area contributed by atoms with Crippen molar-refractivity contribution in [1.82, 2.24) is 25.0 Å². The van der Waals surface area contributed by atoms with E-state index in [0.717, 1.165) is 61.4 Å². The molecule has 0 bridgehead atoms. The van der Waals surface area contributed by atoms with Crippen LogP contribution in [0.15, 0.2) is 17.6 Å². The number of pyridine rings is 1. The van der Waals surface area contributed by atoms with E-state index >= 15 is 0 Å². The van der Waals surface area contributed by atoms with E-state index in [1.54, 1.807) is 16.8 Å². The van der Waals surface area contributed by atoms with Crippen LogP contribution >= 0.6 is 11.3 Å². The summed E-state index contributed by atoms with van der Waals surface area (Å²) in [6, 6.07) is 4.80. The molecule has 1 spiro atoms. The molecular formula is C22H30N6O2S. The number of piperazine rings is 1. The van der Waals surface area contributed by atoms with Crippen molar-refractivity contribution in [2.45, 2.75) is 39.2 Å². The zero-order valence-corrected chi connectivity index (χ0v) is 19.1. The van der Waals surface area contributed by atoms with Crippen LogP contribution in [-0.2, 0) is 4.74 Å². The van der Waals surface area contributed by atoms with Gasteiger partial charge >= 0.3 is 6.09 Å².